The van der Waals surface area contributed by atoms with Crippen molar-refractivity contribution in [2.75, 3.05) is 22.6 Å². The Labute approximate surface area is 224 Å². The number of anilines is 5. The molecular formula is C27H30F2N6O4. The first-order valence-corrected chi connectivity index (χ1v) is 12.0. The van der Waals surface area contributed by atoms with Gasteiger partial charge in [0.05, 0.1) is 6.20 Å². The fourth-order valence-corrected chi connectivity index (χ4v) is 3.14. The fourth-order valence-electron chi connectivity index (χ4n) is 3.14. The first-order valence-electron chi connectivity index (χ1n) is 12.0. The van der Waals surface area contributed by atoms with Crippen LogP contribution in [0, 0.1) is 17.6 Å². The second kappa shape index (κ2) is 13.3. The number of benzene rings is 2. The van der Waals surface area contributed by atoms with Crippen molar-refractivity contribution in [1.82, 2.24) is 9.97 Å². The maximum atomic E-state index is 14.7. The molecule has 12 heteroatoms. The Morgan fingerprint density at radius 2 is 1.77 bits per heavy atom. The number of nitrogens with two attached hydrogens (primary N) is 1. The highest BCUT2D eigenvalue weighted by Crippen LogP contribution is 2.26. The molecule has 0 aliphatic rings. The summed E-state index contributed by atoms with van der Waals surface area (Å²) in [5.41, 5.74) is 6.97. The normalized spacial score (nSPS) is 12.3. The molecule has 0 spiro atoms. The van der Waals surface area contributed by atoms with Crippen LogP contribution >= 0.6 is 0 Å². The van der Waals surface area contributed by atoms with Gasteiger partial charge >= 0.3 is 5.97 Å². The SMILES string of the molecule is C=CC(=O)Nc1cccc(Nc2nc(Nc3ccc(O[C@@H](C)COC(=O)[C@H](N)C(C)C)c(F)c3)ncc2F)c1. The van der Waals surface area contributed by atoms with Crippen LogP contribution in [0.15, 0.2) is 61.3 Å². The van der Waals surface area contributed by atoms with E-state index in [4.69, 9.17) is 15.2 Å². The third kappa shape index (κ3) is 8.47. The van der Waals surface area contributed by atoms with Crippen molar-refractivity contribution in [1.29, 1.82) is 0 Å². The molecule has 0 aliphatic heterocycles. The van der Waals surface area contributed by atoms with Gasteiger partial charge in [0, 0.05) is 23.1 Å². The quantitative estimate of drug-likeness (QED) is 0.191. The number of aromatic nitrogens is 2. The van der Waals surface area contributed by atoms with Gasteiger partial charge in [0.1, 0.15) is 18.8 Å². The second-order valence-electron chi connectivity index (χ2n) is 8.89. The number of halogens is 2. The zero-order valence-corrected chi connectivity index (χ0v) is 21.7. The highest BCUT2D eigenvalue weighted by molar-refractivity contribution is 5.99. The summed E-state index contributed by atoms with van der Waals surface area (Å²) in [4.78, 5) is 31.4. The van der Waals surface area contributed by atoms with E-state index in [1.54, 1.807) is 45.0 Å². The molecule has 0 saturated heterocycles. The van der Waals surface area contributed by atoms with Gasteiger partial charge in [0.2, 0.25) is 11.9 Å². The van der Waals surface area contributed by atoms with Crippen molar-refractivity contribution in [3.05, 3.63) is 73.0 Å². The molecule has 3 aromatic rings. The first-order chi connectivity index (χ1) is 18.5. The smallest absolute Gasteiger partial charge is 0.323 e. The van der Waals surface area contributed by atoms with Gasteiger partial charge in [-0.1, -0.05) is 26.5 Å². The summed E-state index contributed by atoms with van der Waals surface area (Å²) in [6.45, 7) is 8.54. The summed E-state index contributed by atoms with van der Waals surface area (Å²) >= 11 is 0. The minimum atomic E-state index is -0.751. The molecule has 2 aromatic carbocycles. The molecule has 0 saturated carbocycles. The first kappa shape index (κ1) is 29.0. The summed E-state index contributed by atoms with van der Waals surface area (Å²) in [5.74, 6) is -2.61. The lowest BCUT2D eigenvalue weighted by Gasteiger charge is -2.18. The third-order valence-electron chi connectivity index (χ3n) is 5.29. The van der Waals surface area contributed by atoms with E-state index in [2.05, 4.69) is 32.5 Å². The van der Waals surface area contributed by atoms with E-state index < -0.39 is 29.7 Å². The molecule has 3 rings (SSSR count). The van der Waals surface area contributed by atoms with Crippen molar-refractivity contribution in [2.45, 2.75) is 32.9 Å². The van der Waals surface area contributed by atoms with Crippen LogP contribution in [0.25, 0.3) is 0 Å². The van der Waals surface area contributed by atoms with Crippen LogP contribution in [0.5, 0.6) is 5.75 Å². The van der Waals surface area contributed by atoms with Gasteiger partial charge in [-0.15, -0.1) is 0 Å². The Morgan fingerprint density at radius 1 is 1.05 bits per heavy atom. The van der Waals surface area contributed by atoms with Crippen LogP contribution in [0.4, 0.5) is 37.6 Å². The average Bonchev–Trinajstić information content (AvgIpc) is 2.90. The minimum Gasteiger partial charge on any atom is -0.484 e. The molecular weight excluding hydrogens is 510 g/mol. The molecule has 1 aromatic heterocycles. The number of amides is 1. The van der Waals surface area contributed by atoms with Crippen molar-refractivity contribution in [2.24, 2.45) is 11.7 Å². The van der Waals surface area contributed by atoms with E-state index in [0.29, 0.717) is 11.4 Å². The summed E-state index contributed by atoms with van der Waals surface area (Å²) in [6.07, 6.45) is 1.47. The second-order valence-corrected chi connectivity index (χ2v) is 8.89. The predicted molar refractivity (Wildman–Crippen MR) is 144 cm³/mol. The van der Waals surface area contributed by atoms with Crippen molar-refractivity contribution < 1.29 is 27.8 Å². The zero-order valence-electron chi connectivity index (χ0n) is 21.7. The molecule has 0 bridgehead atoms. The Hall–Kier alpha value is -4.58. The minimum absolute atomic E-state index is 0.00450. The summed E-state index contributed by atoms with van der Waals surface area (Å²) < 4.78 is 39.7. The maximum absolute atomic E-state index is 14.7. The van der Waals surface area contributed by atoms with Gasteiger partial charge in [-0.3, -0.25) is 9.59 Å². The number of rotatable bonds is 12. The van der Waals surface area contributed by atoms with Gasteiger partial charge in [-0.2, -0.15) is 4.98 Å². The number of carbonyl (C=O) groups excluding carboxylic acids is 2. The van der Waals surface area contributed by atoms with Crippen molar-refractivity contribution in [3.63, 3.8) is 0 Å². The monoisotopic (exact) mass is 540 g/mol. The summed E-state index contributed by atoms with van der Waals surface area (Å²) in [5, 5.41) is 8.24. The van der Waals surface area contributed by atoms with Crippen LogP contribution < -0.4 is 26.4 Å². The third-order valence-corrected chi connectivity index (χ3v) is 5.29. The zero-order chi connectivity index (χ0) is 28.5. The van der Waals surface area contributed by atoms with Gasteiger partial charge in [0.15, 0.2) is 23.2 Å². The molecule has 0 radical (unpaired) electrons. The van der Waals surface area contributed by atoms with E-state index in [1.807, 2.05) is 0 Å². The van der Waals surface area contributed by atoms with E-state index in [9.17, 15) is 18.4 Å². The topological polar surface area (TPSA) is 140 Å². The molecule has 0 aliphatic carbocycles. The number of nitrogens with one attached hydrogen (secondary N) is 3. The molecule has 10 nitrogen and oxygen atoms in total. The van der Waals surface area contributed by atoms with E-state index >= 15 is 0 Å². The van der Waals surface area contributed by atoms with Crippen LogP contribution in [0.3, 0.4) is 0 Å². The van der Waals surface area contributed by atoms with Crippen molar-refractivity contribution >= 4 is 40.7 Å². The number of hydrogen-bond donors (Lipinski definition) is 4. The van der Waals surface area contributed by atoms with Gasteiger partial charge in [0.25, 0.3) is 0 Å². The van der Waals surface area contributed by atoms with E-state index in [1.165, 1.54) is 12.1 Å². The Bertz CT molecular complexity index is 1340. The Balaban J connectivity index is 1.63. The summed E-state index contributed by atoms with van der Waals surface area (Å²) in [7, 11) is 0. The van der Waals surface area contributed by atoms with E-state index in [-0.39, 0.29) is 41.6 Å². The largest absolute Gasteiger partial charge is 0.484 e. The molecule has 0 unspecified atom stereocenters. The highest BCUT2D eigenvalue weighted by Gasteiger charge is 2.20. The van der Waals surface area contributed by atoms with Crippen molar-refractivity contribution in [3.8, 4) is 5.75 Å². The standard InChI is InChI=1S/C27H30F2N6O4/c1-5-23(36)32-17-7-6-8-18(11-17)33-25-21(29)13-31-27(35-25)34-19-9-10-22(20(28)12-19)39-16(4)14-38-26(37)24(30)15(2)3/h5-13,15-16,24H,1,14,30H2,2-4H3,(H,32,36)(H2,31,33,34,35)/t16-,24+/m0/s1. The number of ether oxygens (including phenoxy) is 2. The molecule has 1 heterocycles. The predicted octanol–water partition coefficient (Wildman–Crippen LogP) is 4.66. The van der Waals surface area contributed by atoms with E-state index in [0.717, 1.165) is 18.3 Å². The van der Waals surface area contributed by atoms with Crippen LogP contribution in [0.2, 0.25) is 0 Å². The van der Waals surface area contributed by atoms with Gasteiger partial charge in [-0.25, -0.2) is 13.8 Å². The number of nitrogens with zero attached hydrogens (tertiary/aromatic N) is 2. The molecule has 1 amide bonds. The Morgan fingerprint density at radius 3 is 2.46 bits per heavy atom. The Kier molecular flexibility index (Phi) is 9.87. The lowest BCUT2D eigenvalue weighted by molar-refractivity contribution is -0.148. The number of carbonyl (C=O) groups is 2. The number of hydrogen-bond acceptors (Lipinski definition) is 9. The fraction of sp³-hybridized carbons (Fsp3) is 0.259. The molecule has 206 valence electrons. The average molecular weight is 541 g/mol. The van der Waals surface area contributed by atoms with Gasteiger partial charge < -0.3 is 31.2 Å². The molecule has 0 fully saturated rings. The molecule has 5 N–H and O–H groups in total. The van der Waals surface area contributed by atoms with Gasteiger partial charge in [-0.05, 0) is 49.2 Å². The molecule has 39 heavy (non-hydrogen) atoms. The molecule has 2 atom stereocenters. The lowest BCUT2D eigenvalue weighted by atomic mass is 10.1. The number of esters is 1. The van der Waals surface area contributed by atoms with Crippen LogP contribution in [-0.4, -0.2) is 40.6 Å². The lowest BCUT2D eigenvalue weighted by Crippen LogP contribution is -2.38. The highest BCUT2D eigenvalue weighted by atomic mass is 19.1. The van der Waals surface area contributed by atoms with Crippen LogP contribution in [-0.2, 0) is 14.3 Å². The van der Waals surface area contributed by atoms with Crippen LogP contribution in [0.1, 0.15) is 20.8 Å². The summed E-state index contributed by atoms with van der Waals surface area (Å²) in [6, 6.07) is 9.90. The maximum Gasteiger partial charge on any atom is 0.323 e.